The standard InChI is InChI=1S/C29H24Cl3NO8/c1-17-21(38-24(34)18-11-5-2-6-12-18)22(39-25(35)19-13-7-3-8-14-19)23(27(37-17)41-28(33)29(30,31)32)40-26(36)20-15-9-4-10-16-20/h2-17,21-23,27,33H,1H3/t17-,21-,22+,23+,27?/m0/s1. The average Bonchev–Trinajstić information content (AvgIpc) is 2.97. The number of carbonyl (C=O) groups excluding carboxylic acids is 3. The minimum absolute atomic E-state index is 0.160. The smallest absolute Gasteiger partial charge is 0.338 e. The minimum atomic E-state index is -2.28. The first kappa shape index (κ1) is 30.3. The maximum absolute atomic E-state index is 13.2. The lowest BCUT2D eigenvalue weighted by atomic mass is 9.98. The third-order valence-corrected chi connectivity index (χ3v) is 6.49. The Hall–Kier alpha value is -3.63. The molecule has 0 aliphatic carbocycles. The van der Waals surface area contributed by atoms with Gasteiger partial charge in [0.2, 0.25) is 18.3 Å². The predicted octanol–water partition coefficient (Wildman–Crippen LogP) is 5.77. The van der Waals surface area contributed by atoms with E-state index in [0.29, 0.717) is 0 Å². The molecule has 1 fully saturated rings. The number of benzene rings is 3. The SMILES string of the molecule is C[C@@H]1OC(OC(=N)C(Cl)(Cl)Cl)[C@H](OC(=O)c2ccccc2)[C@H](OC(=O)c2ccccc2)[C@H]1OC(=O)c1ccccc1. The van der Waals surface area contributed by atoms with E-state index in [1.54, 1.807) is 66.7 Å². The molecule has 1 aliphatic rings. The van der Waals surface area contributed by atoms with E-state index in [2.05, 4.69) is 0 Å². The lowest BCUT2D eigenvalue weighted by molar-refractivity contribution is -0.270. The van der Waals surface area contributed by atoms with Gasteiger partial charge in [0.05, 0.1) is 22.8 Å². The third-order valence-electron chi connectivity index (χ3n) is 5.98. The van der Waals surface area contributed by atoms with Crippen LogP contribution in [0.4, 0.5) is 0 Å². The van der Waals surface area contributed by atoms with Gasteiger partial charge >= 0.3 is 17.9 Å². The molecule has 41 heavy (non-hydrogen) atoms. The summed E-state index contributed by atoms with van der Waals surface area (Å²) in [5.41, 5.74) is 0.564. The second-order valence-electron chi connectivity index (χ2n) is 8.86. The molecule has 214 valence electrons. The van der Waals surface area contributed by atoms with Crippen molar-refractivity contribution in [1.29, 1.82) is 5.41 Å². The molecule has 0 radical (unpaired) electrons. The molecule has 5 atom stereocenters. The Bertz CT molecular complexity index is 1370. The highest BCUT2D eigenvalue weighted by atomic mass is 35.6. The quantitative estimate of drug-likeness (QED) is 0.116. The molecule has 3 aromatic rings. The predicted molar refractivity (Wildman–Crippen MR) is 150 cm³/mol. The molecule has 0 saturated carbocycles. The maximum atomic E-state index is 13.2. The molecule has 1 unspecified atom stereocenters. The zero-order valence-electron chi connectivity index (χ0n) is 21.4. The number of rotatable bonds is 7. The van der Waals surface area contributed by atoms with E-state index >= 15 is 0 Å². The molecule has 0 bridgehead atoms. The summed E-state index contributed by atoms with van der Waals surface area (Å²) in [7, 11) is 0. The van der Waals surface area contributed by atoms with E-state index < -0.39 is 58.3 Å². The van der Waals surface area contributed by atoms with E-state index in [9.17, 15) is 14.4 Å². The summed E-state index contributed by atoms with van der Waals surface area (Å²) in [6.45, 7) is 1.52. The van der Waals surface area contributed by atoms with Gasteiger partial charge in [-0.3, -0.25) is 5.41 Å². The highest BCUT2D eigenvalue weighted by Crippen LogP contribution is 2.34. The lowest BCUT2D eigenvalue weighted by Crippen LogP contribution is -2.62. The topological polar surface area (TPSA) is 121 Å². The van der Waals surface area contributed by atoms with Gasteiger partial charge in [0.1, 0.15) is 0 Å². The lowest BCUT2D eigenvalue weighted by Gasteiger charge is -2.43. The number of carbonyl (C=O) groups is 3. The summed E-state index contributed by atoms with van der Waals surface area (Å²) < 4.78 is 26.4. The Morgan fingerprint density at radius 1 is 0.634 bits per heavy atom. The van der Waals surface area contributed by atoms with Crippen LogP contribution in [0.5, 0.6) is 0 Å². The van der Waals surface area contributed by atoms with E-state index in [0.717, 1.165) is 0 Å². The van der Waals surface area contributed by atoms with Crippen LogP contribution in [0, 0.1) is 5.41 Å². The van der Waals surface area contributed by atoms with Crippen molar-refractivity contribution in [3.05, 3.63) is 108 Å². The molecular weight excluding hydrogens is 597 g/mol. The molecular formula is C29H24Cl3NO8. The summed E-state index contributed by atoms with van der Waals surface area (Å²) >= 11 is 17.5. The van der Waals surface area contributed by atoms with E-state index in [1.807, 2.05) is 0 Å². The minimum Gasteiger partial charge on any atom is -0.452 e. The molecule has 4 rings (SSSR count). The van der Waals surface area contributed by atoms with Crippen molar-refractivity contribution in [2.24, 2.45) is 0 Å². The van der Waals surface area contributed by atoms with Gasteiger partial charge in [-0.25, -0.2) is 14.4 Å². The highest BCUT2D eigenvalue weighted by Gasteiger charge is 2.53. The van der Waals surface area contributed by atoms with Crippen LogP contribution in [0.2, 0.25) is 0 Å². The van der Waals surface area contributed by atoms with Gasteiger partial charge in [-0.05, 0) is 43.3 Å². The second-order valence-corrected chi connectivity index (χ2v) is 11.1. The number of ether oxygens (including phenoxy) is 5. The molecule has 0 amide bonds. The van der Waals surface area contributed by atoms with Gasteiger partial charge in [-0.15, -0.1) is 0 Å². The van der Waals surface area contributed by atoms with Crippen molar-refractivity contribution >= 4 is 58.6 Å². The maximum Gasteiger partial charge on any atom is 0.338 e. The molecule has 3 aromatic carbocycles. The highest BCUT2D eigenvalue weighted by molar-refractivity contribution is 6.76. The fraction of sp³-hybridized carbons (Fsp3) is 0.241. The van der Waals surface area contributed by atoms with Crippen LogP contribution in [0.15, 0.2) is 91.0 Å². The Morgan fingerprint density at radius 2 is 1.00 bits per heavy atom. The summed E-state index contributed by atoms with van der Waals surface area (Å²) in [4.78, 5) is 39.4. The van der Waals surface area contributed by atoms with Crippen molar-refractivity contribution in [2.75, 3.05) is 0 Å². The number of hydrogen-bond acceptors (Lipinski definition) is 9. The summed E-state index contributed by atoms with van der Waals surface area (Å²) in [5.74, 6) is -3.22. The van der Waals surface area contributed by atoms with Crippen LogP contribution in [0.1, 0.15) is 38.0 Å². The van der Waals surface area contributed by atoms with Crippen molar-refractivity contribution in [2.45, 2.75) is 41.4 Å². The van der Waals surface area contributed by atoms with Crippen LogP contribution in [-0.2, 0) is 23.7 Å². The fourth-order valence-corrected chi connectivity index (χ4v) is 4.10. The zero-order chi connectivity index (χ0) is 29.6. The van der Waals surface area contributed by atoms with Crippen molar-refractivity contribution < 1.29 is 38.1 Å². The van der Waals surface area contributed by atoms with E-state index in [4.69, 9.17) is 63.9 Å². The van der Waals surface area contributed by atoms with Gasteiger partial charge < -0.3 is 23.7 Å². The normalized spacial score (nSPS) is 22.2. The van der Waals surface area contributed by atoms with Crippen molar-refractivity contribution in [3.8, 4) is 0 Å². The molecule has 9 nitrogen and oxygen atoms in total. The first-order valence-corrected chi connectivity index (χ1v) is 13.4. The van der Waals surface area contributed by atoms with Gasteiger partial charge in [-0.1, -0.05) is 89.4 Å². The molecule has 1 saturated heterocycles. The molecule has 12 heteroatoms. The fourth-order valence-electron chi connectivity index (χ4n) is 3.97. The average molecular weight is 621 g/mol. The van der Waals surface area contributed by atoms with E-state index in [1.165, 1.54) is 31.2 Å². The van der Waals surface area contributed by atoms with Crippen molar-refractivity contribution in [3.63, 3.8) is 0 Å². The van der Waals surface area contributed by atoms with E-state index in [-0.39, 0.29) is 16.7 Å². The second kappa shape index (κ2) is 13.4. The number of halogens is 3. The monoisotopic (exact) mass is 619 g/mol. The summed E-state index contributed by atoms with van der Waals surface area (Å²) in [6, 6.07) is 24.1. The first-order valence-electron chi connectivity index (χ1n) is 12.3. The molecule has 1 aliphatic heterocycles. The molecule has 1 N–H and O–H groups in total. The number of alkyl halides is 3. The van der Waals surface area contributed by atoms with Gasteiger partial charge in [0.25, 0.3) is 3.79 Å². The van der Waals surface area contributed by atoms with Crippen LogP contribution in [0.3, 0.4) is 0 Å². The molecule has 0 spiro atoms. The number of esters is 3. The Kier molecular flexibility index (Phi) is 9.88. The molecule has 1 heterocycles. The van der Waals surface area contributed by atoms with Crippen LogP contribution >= 0.6 is 34.8 Å². The first-order chi connectivity index (χ1) is 19.5. The van der Waals surface area contributed by atoms with Crippen molar-refractivity contribution in [1.82, 2.24) is 0 Å². The van der Waals surface area contributed by atoms with Crippen LogP contribution < -0.4 is 0 Å². The van der Waals surface area contributed by atoms with Crippen LogP contribution in [0.25, 0.3) is 0 Å². The summed E-state index contributed by atoms with van der Waals surface area (Å²) in [6.07, 6.45) is -6.93. The Morgan fingerprint density at radius 3 is 1.39 bits per heavy atom. The third kappa shape index (κ3) is 7.77. The number of hydrogen-bond donors (Lipinski definition) is 1. The Balaban J connectivity index is 1.73. The zero-order valence-corrected chi connectivity index (χ0v) is 23.7. The van der Waals surface area contributed by atoms with Crippen LogP contribution in [-0.4, -0.2) is 58.3 Å². The summed E-state index contributed by atoms with van der Waals surface area (Å²) in [5, 5.41) is 8.06. The Labute approximate surface area is 250 Å². The number of nitrogens with one attached hydrogen (secondary N) is 1. The molecule has 0 aromatic heterocycles. The van der Waals surface area contributed by atoms with Gasteiger partial charge in [0, 0.05) is 0 Å². The van der Waals surface area contributed by atoms with Gasteiger partial charge in [0.15, 0.2) is 12.2 Å². The largest absolute Gasteiger partial charge is 0.452 e. The van der Waals surface area contributed by atoms with Gasteiger partial charge in [-0.2, -0.15) is 0 Å².